The second-order valence-electron chi connectivity index (χ2n) is 6.01. The SMILES string of the molecule is CN(Cc1ccc2c(c1)OCO2)C(=O)C1CCCC(N)C1. The highest BCUT2D eigenvalue weighted by Gasteiger charge is 2.27. The summed E-state index contributed by atoms with van der Waals surface area (Å²) < 4.78 is 10.7. The van der Waals surface area contributed by atoms with E-state index >= 15 is 0 Å². The number of fused-ring (bicyclic) bond motifs is 1. The van der Waals surface area contributed by atoms with E-state index in [9.17, 15) is 4.79 Å². The van der Waals surface area contributed by atoms with Crippen molar-refractivity contribution in [2.45, 2.75) is 38.3 Å². The number of nitrogens with zero attached hydrogens (tertiary/aromatic N) is 1. The van der Waals surface area contributed by atoms with Gasteiger partial charge in [-0.1, -0.05) is 12.5 Å². The number of hydrogen-bond acceptors (Lipinski definition) is 4. The van der Waals surface area contributed by atoms with Crippen molar-refractivity contribution in [2.75, 3.05) is 13.8 Å². The zero-order valence-electron chi connectivity index (χ0n) is 12.4. The van der Waals surface area contributed by atoms with Gasteiger partial charge in [0, 0.05) is 25.6 Å². The lowest BCUT2D eigenvalue weighted by atomic mass is 9.85. The van der Waals surface area contributed by atoms with Crippen LogP contribution < -0.4 is 15.2 Å². The summed E-state index contributed by atoms with van der Waals surface area (Å²) in [5, 5.41) is 0. The van der Waals surface area contributed by atoms with E-state index in [4.69, 9.17) is 15.2 Å². The molecule has 1 amide bonds. The van der Waals surface area contributed by atoms with Gasteiger partial charge in [-0.05, 0) is 37.0 Å². The Kier molecular flexibility index (Phi) is 4.01. The molecule has 1 aromatic carbocycles. The van der Waals surface area contributed by atoms with Gasteiger partial charge in [0.2, 0.25) is 12.7 Å². The van der Waals surface area contributed by atoms with E-state index in [1.165, 1.54) is 0 Å². The first-order valence-corrected chi connectivity index (χ1v) is 7.52. The largest absolute Gasteiger partial charge is 0.454 e. The maximum Gasteiger partial charge on any atom is 0.231 e. The van der Waals surface area contributed by atoms with Crippen LogP contribution in [0.4, 0.5) is 0 Å². The van der Waals surface area contributed by atoms with E-state index in [-0.39, 0.29) is 24.7 Å². The quantitative estimate of drug-likeness (QED) is 0.923. The van der Waals surface area contributed by atoms with Gasteiger partial charge in [-0.3, -0.25) is 4.79 Å². The lowest BCUT2D eigenvalue weighted by Gasteiger charge is -2.29. The fourth-order valence-electron chi connectivity index (χ4n) is 3.15. The van der Waals surface area contributed by atoms with Gasteiger partial charge in [0.1, 0.15) is 0 Å². The Labute approximate surface area is 125 Å². The first kappa shape index (κ1) is 14.2. The zero-order chi connectivity index (χ0) is 14.8. The third kappa shape index (κ3) is 3.13. The number of rotatable bonds is 3. The lowest BCUT2D eigenvalue weighted by molar-refractivity contribution is -0.135. The molecule has 1 aromatic rings. The first-order chi connectivity index (χ1) is 10.1. The van der Waals surface area contributed by atoms with Gasteiger partial charge >= 0.3 is 0 Å². The number of ether oxygens (including phenoxy) is 2. The van der Waals surface area contributed by atoms with Crippen LogP contribution in [0, 0.1) is 5.92 Å². The molecular weight excluding hydrogens is 268 g/mol. The molecule has 114 valence electrons. The topological polar surface area (TPSA) is 64.8 Å². The summed E-state index contributed by atoms with van der Waals surface area (Å²) in [6.45, 7) is 0.856. The molecule has 2 atom stereocenters. The molecule has 5 heteroatoms. The number of amides is 1. The van der Waals surface area contributed by atoms with Crippen molar-refractivity contribution in [3.63, 3.8) is 0 Å². The van der Waals surface area contributed by atoms with Crippen molar-refractivity contribution in [3.8, 4) is 11.5 Å². The molecular formula is C16H22N2O3. The average Bonchev–Trinajstić information content (AvgIpc) is 2.94. The molecule has 0 saturated heterocycles. The summed E-state index contributed by atoms with van der Waals surface area (Å²) in [4.78, 5) is 14.3. The van der Waals surface area contributed by atoms with E-state index in [0.29, 0.717) is 6.54 Å². The van der Waals surface area contributed by atoms with E-state index < -0.39 is 0 Å². The van der Waals surface area contributed by atoms with E-state index in [2.05, 4.69) is 0 Å². The number of carbonyl (C=O) groups excluding carboxylic acids is 1. The Morgan fingerprint density at radius 2 is 2.14 bits per heavy atom. The monoisotopic (exact) mass is 290 g/mol. The predicted octanol–water partition coefficient (Wildman–Crippen LogP) is 1.89. The number of nitrogens with two attached hydrogens (primary N) is 1. The van der Waals surface area contributed by atoms with E-state index in [0.717, 1.165) is 42.7 Å². The fraction of sp³-hybridized carbons (Fsp3) is 0.562. The minimum atomic E-state index is 0.0766. The minimum absolute atomic E-state index is 0.0766. The third-order valence-electron chi connectivity index (χ3n) is 4.30. The van der Waals surface area contributed by atoms with Crippen molar-refractivity contribution in [2.24, 2.45) is 11.7 Å². The van der Waals surface area contributed by atoms with Crippen LogP contribution in [0.2, 0.25) is 0 Å². The van der Waals surface area contributed by atoms with Crippen LogP contribution in [-0.2, 0) is 11.3 Å². The second kappa shape index (κ2) is 5.93. The molecule has 1 saturated carbocycles. The summed E-state index contributed by atoms with van der Waals surface area (Å²) in [6, 6.07) is 5.99. The summed E-state index contributed by atoms with van der Waals surface area (Å²) in [6.07, 6.45) is 3.85. The predicted molar refractivity (Wildman–Crippen MR) is 79.0 cm³/mol. The second-order valence-corrected chi connectivity index (χ2v) is 6.01. The molecule has 1 aliphatic carbocycles. The van der Waals surface area contributed by atoms with Gasteiger partial charge in [0.05, 0.1) is 0 Å². The maximum atomic E-state index is 12.5. The Balaban J connectivity index is 1.62. The normalized spacial score (nSPS) is 23.9. The Morgan fingerprint density at radius 1 is 1.33 bits per heavy atom. The molecule has 1 heterocycles. The highest BCUT2D eigenvalue weighted by Crippen LogP contribution is 2.33. The van der Waals surface area contributed by atoms with Crippen LogP contribution >= 0.6 is 0 Å². The molecule has 2 aliphatic rings. The Hall–Kier alpha value is -1.75. The molecule has 1 fully saturated rings. The van der Waals surface area contributed by atoms with Crippen molar-refractivity contribution >= 4 is 5.91 Å². The zero-order valence-corrected chi connectivity index (χ0v) is 12.4. The molecule has 1 aliphatic heterocycles. The number of hydrogen-bond donors (Lipinski definition) is 1. The van der Waals surface area contributed by atoms with Crippen LogP contribution in [-0.4, -0.2) is 30.7 Å². The van der Waals surface area contributed by atoms with Gasteiger partial charge in [0.25, 0.3) is 0 Å². The maximum absolute atomic E-state index is 12.5. The highest BCUT2D eigenvalue weighted by molar-refractivity contribution is 5.78. The number of benzene rings is 1. The molecule has 2 unspecified atom stereocenters. The molecule has 21 heavy (non-hydrogen) atoms. The van der Waals surface area contributed by atoms with Gasteiger partial charge < -0.3 is 20.1 Å². The summed E-state index contributed by atoms with van der Waals surface area (Å²) in [5.41, 5.74) is 7.03. The first-order valence-electron chi connectivity index (χ1n) is 7.52. The fourth-order valence-corrected chi connectivity index (χ4v) is 3.15. The Bertz CT molecular complexity index is 532. The van der Waals surface area contributed by atoms with Crippen molar-refractivity contribution < 1.29 is 14.3 Å². The lowest BCUT2D eigenvalue weighted by Crippen LogP contribution is -2.38. The summed E-state index contributed by atoms with van der Waals surface area (Å²) in [5.74, 6) is 1.80. The van der Waals surface area contributed by atoms with Crippen LogP contribution in [0.1, 0.15) is 31.2 Å². The number of carbonyl (C=O) groups is 1. The third-order valence-corrected chi connectivity index (χ3v) is 4.30. The molecule has 3 rings (SSSR count). The molecule has 0 aromatic heterocycles. The average molecular weight is 290 g/mol. The van der Waals surface area contributed by atoms with Crippen LogP contribution in [0.25, 0.3) is 0 Å². The molecule has 5 nitrogen and oxygen atoms in total. The smallest absolute Gasteiger partial charge is 0.231 e. The van der Waals surface area contributed by atoms with Gasteiger partial charge in [-0.25, -0.2) is 0 Å². The van der Waals surface area contributed by atoms with Gasteiger partial charge in [0.15, 0.2) is 11.5 Å². The van der Waals surface area contributed by atoms with Gasteiger partial charge in [-0.2, -0.15) is 0 Å². The standard InChI is InChI=1S/C16H22N2O3/c1-18(16(19)12-3-2-4-13(17)8-12)9-11-5-6-14-15(7-11)21-10-20-14/h5-7,12-13H,2-4,8-10,17H2,1H3. The Morgan fingerprint density at radius 3 is 2.95 bits per heavy atom. The van der Waals surface area contributed by atoms with Crippen molar-refractivity contribution in [1.82, 2.24) is 4.90 Å². The van der Waals surface area contributed by atoms with Crippen molar-refractivity contribution in [1.29, 1.82) is 0 Å². The van der Waals surface area contributed by atoms with E-state index in [1.54, 1.807) is 4.90 Å². The van der Waals surface area contributed by atoms with Crippen molar-refractivity contribution in [3.05, 3.63) is 23.8 Å². The molecule has 0 spiro atoms. The summed E-state index contributed by atoms with van der Waals surface area (Å²) >= 11 is 0. The summed E-state index contributed by atoms with van der Waals surface area (Å²) in [7, 11) is 1.85. The minimum Gasteiger partial charge on any atom is -0.454 e. The molecule has 0 bridgehead atoms. The van der Waals surface area contributed by atoms with Crippen LogP contribution in [0.5, 0.6) is 11.5 Å². The van der Waals surface area contributed by atoms with E-state index in [1.807, 2.05) is 25.2 Å². The molecule has 2 N–H and O–H groups in total. The van der Waals surface area contributed by atoms with Crippen LogP contribution in [0.15, 0.2) is 18.2 Å². The van der Waals surface area contributed by atoms with Gasteiger partial charge in [-0.15, -0.1) is 0 Å². The molecule has 0 radical (unpaired) electrons. The highest BCUT2D eigenvalue weighted by atomic mass is 16.7. The van der Waals surface area contributed by atoms with Crippen LogP contribution in [0.3, 0.4) is 0 Å².